The van der Waals surface area contributed by atoms with E-state index in [9.17, 15) is 0 Å². The Kier molecular flexibility index (Phi) is 1.69. The lowest BCUT2D eigenvalue weighted by Gasteiger charge is -2.27. The number of benzene rings is 1. The van der Waals surface area contributed by atoms with Crippen molar-refractivity contribution >= 4 is 0 Å². The Bertz CT molecular complexity index is 246. The van der Waals surface area contributed by atoms with Gasteiger partial charge in [-0.25, -0.2) is 0 Å². The molecule has 0 nitrogen and oxygen atoms in total. The van der Waals surface area contributed by atoms with Gasteiger partial charge in [0.15, 0.2) is 0 Å². The first-order chi connectivity index (χ1) is 5.38. The average molecular weight is 146 g/mol. The first kappa shape index (κ1) is 6.90. The molecule has 1 aliphatic rings. The maximum Gasteiger partial charge on any atom is -0.0159 e. The molecule has 11 heavy (non-hydrogen) atoms. The third-order valence-corrected chi connectivity index (χ3v) is 2.73. The second-order valence-electron chi connectivity index (χ2n) is 3.48. The lowest BCUT2D eigenvalue weighted by molar-refractivity contribution is 0.418. The van der Waals surface area contributed by atoms with Crippen LogP contribution in [0.5, 0.6) is 0 Å². The quantitative estimate of drug-likeness (QED) is 0.570. The number of aryl methyl sites for hydroxylation is 1. The fourth-order valence-corrected chi connectivity index (χ4v) is 1.76. The van der Waals surface area contributed by atoms with Crippen molar-refractivity contribution in [3.05, 3.63) is 35.4 Å². The minimum atomic E-state index is 0.885. The minimum absolute atomic E-state index is 0.885. The van der Waals surface area contributed by atoms with Crippen molar-refractivity contribution in [1.29, 1.82) is 0 Å². The van der Waals surface area contributed by atoms with Crippen molar-refractivity contribution < 1.29 is 0 Å². The van der Waals surface area contributed by atoms with Gasteiger partial charge in [-0.3, -0.25) is 0 Å². The fourth-order valence-electron chi connectivity index (χ4n) is 1.76. The molecule has 0 bridgehead atoms. The highest BCUT2D eigenvalue weighted by molar-refractivity contribution is 5.30. The van der Waals surface area contributed by atoms with Crippen LogP contribution >= 0.6 is 0 Å². The highest BCUT2D eigenvalue weighted by Crippen LogP contribution is 2.37. The molecule has 0 aliphatic heterocycles. The summed E-state index contributed by atoms with van der Waals surface area (Å²) in [6, 6.07) is 8.77. The third kappa shape index (κ3) is 1.18. The molecule has 0 radical (unpaired) electrons. The van der Waals surface area contributed by atoms with Crippen molar-refractivity contribution in [2.24, 2.45) is 0 Å². The molecule has 2 rings (SSSR count). The summed E-state index contributed by atoms with van der Waals surface area (Å²) in [5.41, 5.74) is 3.05. The smallest absolute Gasteiger partial charge is 0.0159 e. The Balaban J connectivity index is 2.28. The molecule has 0 heterocycles. The maximum atomic E-state index is 2.28. The summed E-state index contributed by atoms with van der Waals surface area (Å²) in [6.45, 7) is 2.22. The second kappa shape index (κ2) is 2.69. The van der Waals surface area contributed by atoms with E-state index in [0.29, 0.717) is 0 Å². The Hall–Kier alpha value is -0.780. The van der Waals surface area contributed by atoms with Crippen LogP contribution in [0.15, 0.2) is 24.3 Å². The van der Waals surface area contributed by atoms with E-state index in [-0.39, 0.29) is 0 Å². The van der Waals surface area contributed by atoms with Gasteiger partial charge in [-0.2, -0.15) is 0 Å². The maximum absolute atomic E-state index is 2.28. The molecule has 0 atom stereocenters. The van der Waals surface area contributed by atoms with E-state index < -0.39 is 0 Å². The van der Waals surface area contributed by atoms with Crippen LogP contribution in [-0.4, -0.2) is 0 Å². The van der Waals surface area contributed by atoms with Gasteiger partial charge >= 0.3 is 0 Å². The first-order valence-electron chi connectivity index (χ1n) is 4.43. The van der Waals surface area contributed by atoms with Crippen LogP contribution in [0.3, 0.4) is 0 Å². The van der Waals surface area contributed by atoms with Crippen LogP contribution in [0.2, 0.25) is 0 Å². The zero-order valence-corrected chi connectivity index (χ0v) is 7.01. The summed E-state index contributed by atoms with van der Waals surface area (Å²) in [4.78, 5) is 0. The standard InChI is InChI=1S/C11H14/c1-9-5-2-3-8-11(9)10-6-4-7-10/h2-3,5,8,10H,4,6-7H2,1H3. The minimum Gasteiger partial charge on any atom is -0.0620 e. The molecule has 1 aliphatic carbocycles. The van der Waals surface area contributed by atoms with Gasteiger partial charge in [0.1, 0.15) is 0 Å². The van der Waals surface area contributed by atoms with Gasteiger partial charge in [0.25, 0.3) is 0 Å². The highest BCUT2D eigenvalue weighted by Gasteiger charge is 2.19. The zero-order chi connectivity index (χ0) is 7.68. The molecule has 0 N–H and O–H groups in total. The van der Waals surface area contributed by atoms with Crippen LogP contribution in [-0.2, 0) is 0 Å². The monoisotopic (exact) mass is 146 g/mol. The van der Waals surface area contributed by atoms with E-state index in [1.54, 1.807) is 5.56 Å². The van der Waals surface area contributed by atoms with Crippen LogP contribution < -0.4 is 0 Å². The summed E-state index contributed by atoms with van der Waals surface area (Å²) in [5, 5.41) is 0. The topological polar surface area (TPSA) is 0 Å². The average Bonchev–Trinajstić information content (AvgIpc) is 1.90. The van der Waals surface area contributed by atoms with E-state index in [4.69, 9.17) is 0 Å². The summed E-state index contributed by atoms with van der Waals surface area (Å²) < 4.78 is 0. The molecule has 1 saturated carbocycles. The summed E-state index contributed by atoms with van der Waals surface area (Å²) in [7, 11) is 0. The van der Waals surface area contributed by atoms with Gasteiger partial charge in [-0.05, 0) is 36.8 Å². The highest BCUT2D eigenvalue weighted by atomic mass is 14.2. The van der Waals surface area contributed by atoms with E-state index >= 15 is 0 Å². The number of hydrogen-bond acceptors (Lipinski definition) is 0. The summed E-state index contributed by atoms with van der Waals surface area (Å²) >= 11 is 0. The Labute approximate surface area is 68.3 Å². The fraction of sp³-hybridized carbons (Fsp3) is 0.455. The lowest BCUT2D eigenvalue weighted by Crippen LogP contribution is -2.09. The summed E-state index contributed by atoms with van der Waals surface area (Å²) in [5.74, 6) is 0.885. The zero-order valence-electron chi connectivity index (χ0n) is 7.01. The predicted octanol–water partition coefficient (Wildman–Crippen LogP) is 3.26. The summed E-state index contributed by atoms with van der Waals surface area (Å²) in [6.07, 6.45) is 4.24. The van der Waals surface area contributed by atoms with Crippen molar-refractivity contribution in [3.8, 4) is 0 Å². The third-order valence-electron chi connectivity index (χ3n) is 2.73. The Morgan fingerprint density at radius 2 is 1.91 bits per heavy atom. The van der Waals surface area contributed by atoms with Gasteiger partial charge in [0, 0.05) is 0 Å². The second-order valence-corrected chi connectivity index (χ2v) is 3.48. The molecule has 1 aromatic carbocycles. The van der Waals surface area contributed by atoms with E-state index in [1.165, 1.54) is 24.8 Å². The van der Waals surface area contributed by atoms with Gasteiger partial charge in [-0.1, -0.05) is 30.7 Å². The molecule has 58 valence electrons. The predicted molar refractivity (Wildman–Crippen MR) is 47.8 cm³/mol. The van der Waals surface area contributed by atoms with Gasteiger partial charge in [0.05, 0.1) is 0 Å². The van der Waals surface area contributed by atoms with Gasteiger partial charge in [0.2, 0.25) is 0 Å². The van der Waals surface area contributed by atoms with Gasteiger partial charge < -0.3 is 0 Å². The van der Waals surface area contributed by atoms with Crippen LogP contribution in [0.25, 0.3) is 0 Å². The van der Waals surface area contributed by atoms with Crippen molar-refractivity contribution in [3.63, 3.8) is 0 Å². The van der Waals surface area contributed by atoms with E-state index in [1.807, 2.05) is 0 Å². The Morgan fingerprint density at radius 3 is 2.45 bits per heavy atom. The number of rotatable bonds is 1. The molecule has 0 spiro atoms. The molecule has 0 saturated heterocycles. The Morgan fingerprint density at radius 1 is 1.18 bits per heavy atom. The molecular weight excluding hydrogens is 132 g/mol. The van der Waals surface area contributed by atoms with Crippen molar-refractivity contribution in [1.82, 2.24) is 0 Å². The van der Waals surface area contributed by atoms with E-state index in [2.05, 4.69) is 31.2 Å². The lowest BCUT2D eigenvalue weighted by atomic mass is 9.78. The SMILES string of the molecule is Cc1ccccc1C1CCC1. The van der Waals surface area contributed by atoms with Crippen LogP contribution in [0.1, 0.15) is 36.3 Å². The molecule has 1 fully saturated rings. The molecule has 0 heteroatoms. The van der Waals surface area contributed by atoms with E-state index in [0.717, 1.165) is 5.92 Å². The first-order valence-corrected chi connectivity index (χ1v) is 4.43. The van der Waals surface area contributed by atoms with Gasteiger partial charge in [-0.15, -0.1) is 0 Å². The molecule has 0 aromatic heterocycles. The largest absolute Gasteiger partial charge is 0.0620 e. The van der Waals surface area contributed by atoms with Crippen LogP contribution in [0, 0.1) is 6.92 Å². The molecule has 0 amide bonds. The van der Waals surface area contributed by atoms with Crippen molar-refractivity contribution in [2.45, 2.75) is 32.1 Å². The molecule has 1 aromatic rings. The van der Waals surface area contributed by atoms with Crippen molar-refractivity contribution in [2.75, 3.05) is 0 Å². The van der Waals surface area contributed by atoms with Crippen LogP contribution in [0.4, 0.5) is 0 Å². The number of hydrogen-bond donors (Lipinski definition) is 0. The molecular formula is C11H14. The normalized spacial score (nSPS) is 17.9. The molecule has 0 unspecified atom stereocenters.